The van der Waals surface area contributed by atoms with Gasteiger partial charge in [-0.25, -0.2) is 0 Å². The van der Waals surface area contributed by atoms with Gasteiger partial charge >= 0.3 is 5.97 Å². The van der Waals surface area contributed by atoms with Crippen LogP contribution in [0.2, 0.25) is 0 Å². The van der Waals surface area contributed by atoms with E-state index in [1.807, 2.05) is 12.1 Å². The van der Waals surface area contributed by atoms with E-state index in [9.17, 15) is 14.4 Å². The number of rotatable bonds is 3. The lowest BCUT2D eigenvalue weighted by Crippen LogP contribution is -2.49. The molecule has 0 bridgehead atoms. The summed E-state index contributed by atoms with van der Waals surface area (Å²) in [6, 6.07) is 5.11. The number of amides is 1. The fourth-order valence-corrected chi connectivity index (χ4v) is 4.15. The van der Waals surface area contributed by atoms with E-state index in [1.165, 1.54) is 6.08 Å². The lowest BCUT2D eigenvalue weighted by Gasteiger charge is -2.40. The third-order valence-corrected chi connectivity index (χ3v) is 5.67. The quantitative estimate of drug-likeness (QED) is 0.585. The first kappa shape index (κ1) is 18.5. The molecule has 0 aromatic heterocycles. The number of benzene rings is 1. The van der Waals surface area contributed by atoms with Crippen molar-refractivity contribution in [1.82, 2.24) is 4.90 Å². The molecule has 0 radical (unpaired) electrons. The van der Waals surface area contributed by atoms with Crippen molar-refractivity contribution in [3.05, 3.63) is 35.9 Å². The molecule has 7 nitrogen and oxygen atoms in total. The SMILES string of the molecule is CC(C)(C)C(=O)O[C@H]1CN(C=O)[C@H]2CC(=O)C=C[C@@]12c1ccc2c(c1)OCO2. The van der Waals surface area contributed by atoms with E-state index in [-0.39, 0.29) is 31.5 Å². The lowest BCUT2D eigenvalue weighted by atomic mass is 9.68. The molecule has 4 rings (SSSR count). The van der Waals surface area contributed by atoms with Crippen LogP contribution in [0.1, 0.15) is 32.8 Å². The van der Waals surface area contributed by atoms with Gasteiger partial charge in [0.1, 0.15) is 6.10 Å². The van der Waals surface area contributed by atoms with Crippen LogP contribution in [0.15, 0.2) is 30.4 Å². The maximum absolute atomic E-state index is 12.7. The highest BCUT2D eigenvalue weighted by atomic mass is 16.7. The van der Waals surface area contributed by atoms with Gasteiger partial charge in [0.2, 0.25) is 13.2 Å². The zero-order chi connectivity index (χ0) is 20.1. The van der Waals surface area contributed by atoms with Crippen LogP contribution in [-0.4, -0.2) is 48.5 Å². The van der Waals surface area contributed by atoms with Crippen molar-refractivity contribution in [3.63, 3.8) is 0 Å². The number of likely N-dealkylation sites (tertiary alicyclic amines) is 1. The largest absolute Gasteiger partial charge is 0.459 e. The Morgan fingerprint density at radius 3 is 2.75 bits per heavy atom. The normalized spacial score (nSPS) is 28.2. The standard InChI is InChI=1S/C21H23NO6/c1-20(2,3)19(25)28-18-10-22(11-23)17-9-14(24)6-7-21(17,18)13-4-5-15-16(8-13)27-12-26-15/h4-8,11,17-18H,9-10,12H2,1-3H3/t17-,18-,21-/m0/s1. The molecule has 1 fully saturated rings. The predicted octanol–water partition coefficient (Wildman–Crippen LogP) is 1.98. The van der Waals surface area contributed by atoms with Gasteiger partial charge in [-0.1, -0.05) is 12.1 Å². The van der Waals surface area contributed by atoms with Gasteiger partial charge in [-0.3, -0.25) is 14.4 Å². The van der Waals surface area contributed by atoms with Crippen molar-refractivity contribution in [2.24, 2.45) is 5.41 Å². The molecule has 0 unspecified atom stereocenters. The first-order valence-corrected chi connectivity index (χ1v) is 9.30. The van der Waals surface area contributed by atoms with Gasteiger partial charge in [0.05, 0.1) is 23.4 Å². The summed E-state index contributed by atoms with van der Waals surface area (Å²) in [5.74, 6) is 0.827. The number of hydrogen-bond donors (Lipinski definition) is 0. The first-order valence-electron chi connectivity index (χ1n) is 9.30. The van der Waals surface area contributed by atoms with Gasteiger partial charge in [-0.2, -0.15) is 0 Å². The highest BCUT2D eigenvalue weighted by Gasteiger charge is 2.58. The van der Waals surface area contributed by atoms with Crippen LogP contribution >= 0.6 is 0 Å². The van der Waals surface area contributed by atoms with Gasteiger partial charge in [-0.15, -0.1) is 0 Å². The Morgan fingerprint density at radius 1 is 1.29 bits per heavy atom. The summed E-state index contributed by atoms with van der Waals surface area (Å²) in [7, 11) is 0. The fraction of sp³-hybridized carbons (Fsp3) is 0.476. The number of ketones is 1. The molecule has 0 N–H and O–H groups in total. The van der Waals surface area contributed by atoms with Crippen molar-refractivity contribution < 1.29 is 28.6 Å². The number of carbonyl (C=O) groups excluding carboxylic acids is 3. The second-order valence-corrected chi connectivity index (χ2v) is 8.47. The highest BCUT2D eigenvalue weighted by Crippen LogP contribution is 2.48. The molecule has 0 spiro atoms. The molecule has 3 aliphatic rings. The monoisotopic (exact) mass is 385 g/mol. The van der Waals surface area contributed by atoms with Gasteiger partial charge in [0, 0.05) is 6.42 Å². The van der Waals surface area contributed by atoms with Crippen molar-refractivity contribution >= 4 is 18.2 Å². The van der Waals surface area contributed by atoms with E-state index in [0.717, 1.165) is 12.0 Å². The lowest BCUT2D eigenvalue weighted by molar-refractivity contribution is -0.160. The summed E-state index contributed by atoms with van der Waals surface area (Å²) in [5, 5.41) is 0. The van der Waals surface area contributed by atoms with Crippen molar-refractivity contribution in [2.45, 2.75) is 44.8 Å². The molecule has 7 heteroatoms. The van der Waals surface area contributed by atoms with E-state index < -0.39 is 23.0 Å². The summed E-state index contributed by atoms with van der Waals surface area (Å²) in [6.45, 7) is 5.72. The van der Waals surface area contributed by atoms with E-state index in [1.54, 1.807) is 37.8 Å². The van der Waals surface area contributed by atoms with E-state index >= 15 is 0 Å². The molecule has 148 valence electrons. The van der Waals surface area contributed by atoms with Crippen molar-refractivity contribution in [2.75, 3.05) is 13.3 Å². The van der Waals surface area contributed by atoms with E-state index in [2.05, 4.69) is 0 Å². The first-order chi connectivity index (χ1) is 13.3. The summed E-state index contributed by atoms with van der Waals surface area (Å²) >= 11 is 0. The maximum Gasteiger partial charge on any atom is 0.311 e. The van der Waals surface area contributed by atoms with Crippen LogP contribution in [-0.2, 0) is 24.5 Å². The van der Waals surface area contributed by atoms with Crippen LogP contribution in [0.3, 0.4) is 0 Å². The van der Waals surface area contributed by atoms with Crippen LogP contribution in [0.4, 0.5) is 0 Å². The molecule has 1 amide bonds. The second-order valence-electron chi connectivity index (χ2n) is 8.47. The van der Waals surface area contributed by atoms with Crippen LogP contribution in [0, 0.1) is 5.41 Å². The molecule has 0 saturated carbocycles. The van der Waals surface area contributed by atoms with Gasteiger partial charge in [0.25, 0.3) is 0 Å². The summed E-state index contributed by atoms with van der Waals surface area (Å²) in [6.07, 6.45) is 3.59. The summed E-state index contributed by atoms with van der Waals surface area (Å²) < 4.78 is 16.8. The molecule has 2 heterocycles. The Bertz CT molecular complexity index is 870. The third-order valence-electron chi connectivity index (χ3n) is 5.67. The molecular weight excluding hydrogens is 362 g/mol. The zero-order valence-electron chi connectivity index (χ0n) is 16.1. The Hall–Kier alpha value is -2.83. The van der Waals surface area contributed by atoms with Crippen LogP contribution in [0.25, 0.3) is 0 Å². The molecule has 1 aliphatic carbocycles. The molecule has 1 aromatic rings. The molecule has 3 atom stereocenters. The Labute approximate surface area is 163 Å². The van der Waals surface area contributed by atoms with E-state index in [0.29, 0.717) is 11.5 Å². The number of nitrogens with zero attached hydrogens (tertiary/aromatic N) is 1. The zero-order valence-corrected chi connectivity index (χ0v) is 16.1. The van der Waals surface area contributed by atoms with Crippen molar-refractivity contribution in [3.8, 4) is 11.5 Å². The minimum absolute atomic E-state index is 0.0592. The highest BCUT2D eigenvalue weighted by molar-refractivity contribution is 5.92. The Morgan fingerprint density at radius 2 is 2.04 bits per heavy atom. The number of ether oxygens (including phenoxy) is 3. The maximum atomic E-state index is 12.7. The summed E-state index contributed by atoms with van der Waals surface area (Å²) in [4.78, 5) is 38.1. The van der Waals surface area contributed by atoms with Gasteiger partial charge < -0.3 is 19.1 Å². The second kappa shape index (κ2) is 6.36. The number of hydrogen-bond acceptors (Lipinski definition) is 6. The van der Waals surface area contributed by atoms with Gasteiger partial charge in [0.15, 0.2) is 17.3 Å². The number of fused-ring (bicyclic) bond motifs is 2. The minimum atomic E-state index is -0.823. The molecular formula is C21H23NO6. The molecule has 1 aromatic carbocycles. The van der Waals surface area contributed by atoms with Crippen LogP contribution in [0.5, 0.6) is 11.5 Å². The number of allylic oxidation sites excluding steroid dienone is 1. The molecule has 28 heavy (non-hydrogen) atoms. The topological polar surface area (TPSA) is 82.1 Å². The van der Waals surface area contributed by atoms with Crippen molar-refractivity contribution in [1.29, 1.82) is 0 Å². The Balaban J connectivity index is 1.83. The number of carbonyl (C=O) groups is 3. The number of esters is 1. The average Bonchev–Trinajstić information content (AvgIpc) is 3.23. The molecule has 2 aliphatic heterocycles. The average molecular weight is 385 g/mol. The smallest absolute Gasteiger partial charge is 0.311 e. The minimum Gasteiger partial charge on any atom is -0.459 e. The third kappa shape index (κ3) is 2.77. The summed E-state index contributed by atoms with van der Waals surface area (Å²) in [5.41, 5.74) is -0.688. The Kier molecular flexibility index (Phi) is 4.21. The molecule has 1 saturated heterocycles. The van der Waals surface area contributed by atoms with Crippen LogP contribution < -0.4 is 9.47 Å². The van der Waals surface area contributed by atoms with E-state index in [4.69, 9.17) is 14.2 Å². The fourth-order valence-electron chi connectivity index (χ4n) is 4.15. The van der Waals surface area contributed by atoms with Gasteiger partial charge in [-0.05, 0) is 44.5 Å². The predicted molar refractivity (Wildman–Crippen MR) is 98.9 cm³/mol.